The van der Waals surface area contributed by atoms with Gasteiger partial charge in [0, 0.05) is 25.7 Å². The number of amides is 1. The number of halogens is 1. The number of likely N-dealkylation sites (tertiary alicyclic amines) is 1. The van der Waals surface area contributed by atoms with E-state index in [4.69, 9.17) is 0 Å². The van der Waals surface area contributed by atoms with Crippen LogP contribution in [-0.4, -0.2) is 48.4 Å². The van der Waals surface area contributed by atoms with Crippen molar-refractivity contribution < 1.29 is 17.6 Å². The average Bonchev–Trinajstić information content (AvgIpc) is 3.18. The Kier molecular flexibility index (Phi) is 7.30. The topological polar surface area (TPSA) is 96.7 Å². The van der Waals surface area contributed by atoms with E-state index in [9.17, 15) is 17.6 Å². The Morgan fingerprint density at radius 1 is 1.14 bits per heavy atom. The number of benzene rings is 2. The van der Waals surface area contributed by atoms with Crippen LogP contribution in [0.3, 0.4) is 0 Å². The Morgan fingerprint density at radius 3 is 2.66 bits per heavy atom. The van der Waals surface area contributed by atoms with Gasteiger partial charge in [-0.2, -0.15) is 13.5 Å². The first-order valence-corrected chi connectivity index (χ1v) is 13.0. The fourth-order valence-electron chi connectivity index (χ4n) is 4.08. The van der Waals surface area contributed by atoms with Crippen LogP contribution in [0, 0.1) is 5.82 Å². The second-order valence-electron chi connectivity index (χ2n) is 8.44. The van der Waals surface area contributed by atoms with Gasteiger partial charge in [-0.3, -0.25) is 4.79 Å². The molecule has 1 saturated heterocycles. The molecule has 8 nitrogen and oxygen atoms in total. The molecule has 0 radical (unpaired) electrons. The summed E-state index contributed by atoms with van der Waals surface area (Å²) < 4.78 is 44.9. The summed E-state index contributed by atoms with van der Waals surface area (Å²) in [6, 6.07) is 11.9. The zero-order valence-corrected chi connectivity index (χ0v) is 20.6. The van der Waals surface area contributed by atoms with E-state index in [0.29, 0.717) is 41.3 Å². The predicted molar refractivity (Wildman–Crippen MR) is 133 cm³/mol. The molecule has 2 heterocycles. The highest BCUT2D eigenvalue weighted by atomic mass is 32.2. The molecule has 1 N–H and O–H groups in total. The highest BCUT2D eigenvalue weighted by Gasteiger charge is 2.21. The van der Waals surface area contributed by atoms with Crippen molar-refractivity contribution in [3.63, 3.8) is 0 Å². The summed E-state index contributed by atoms with van der Waals surface area (Å²) in [7, 11) is -2.08. The molecule has 0 bridgehead atoms. The van der Waals surface area contributed by atoms with Crippen molar-refractivity contribution in [3.8, 4) is 5.69 Å². The van der Waals surface area contributed by atoms with Crippen molar-refractivity contribution >= 4 is 27.5 Å². The molecule has 35 heavy (non-hydrogen) atoms. The van der Waals surface area contributed by atoms with E-state index in [0.717, 1.165) is 25.8 Å². The minimum Gasteiger partial charge on any atom is -0.362 e. The van der Waals surface area contributed by atoms with Gasteiger partial charge in [-0.05, 0) is 61.7 Å². The van der Waals surface area contributed by atoms with Gasteiger partial charge in [0.2, 0.25) is 0 Å². The molecule has 0 spiro atoms. The molecular formula is C25H28FN5O3S. The molecule has 0 atom stereocenters. The van der Waals surface area contributed by atoms with Crippen LogP contribution in [0.25, 0.3) is 5.69 Å². The predicted octanol–water partition coefficient (Wildman–Crippen LogP) is 4.42. The lowest BCUT2D eigenvalue weighted by molar-refractivity contribution is 0.102. The maximum absolute atomic E-state index is 13.3. The normalized spacial score (nSPS) is 15.7. The fraction of sp³-hybridized carbons (Fsp3) is 0.320. The Labute approximate surface area is 204 Å². The Morgan fingerprint density at radius 2 is 1.91 bits per heavy atom. The molecule has 10 heteroatoms. The molecule has 1 amide bonds. The van der Waals surface area contributed by atoms with Crippen molar-refractivity contribution in [1.82, 2.24) is 14.7 Å². The van der Waals surface area contributed by atoms with Gasteiger partial charge in [0.15, 0.2) is 0 Å². The first-order valence-electron chi connectivity index (χ1n) is 11.6. The van der Waals surface area contributed by atoms with Crippen LogP contribution in [0.2, 0.25) is 0 Å². The SMILES string of the molecule is CCc1c(C(=O)Nc2cccc(S(=O)(=O)N=C3CCCCCN3C)c2)cnn1-c1ccc(F)cc1. The summed E-state index contributed by atoms with van der Waals surface area (Å²) >= 11 is 0. The summed E-state index contributed by atoms with van der Waals surface area (Å²) in [5, 5.41) is 7.07. The average molecular weight is 498 g/mol. The number of carbonyl (C=O) groups excluding carboxylic acids is 1. The lowest BCUT2D eigenvalue weighted by Crippen LogP contribution is -2.26. The molecule has 1 aliphatic rings. The molecule has 1 fully saturated rings. The Bertz CT molecular complexity index is 1350. The monoisotopic (exact) mass is 497 g/mol. The van der Waals surface area contributed by atoms with Crippen molar-refractivity contribution in [2.75, 3.05) is 18.9 Å². The largest absolute Gasteiger partial charge is 0.362 e. The van der Waals surface area contributed by atoms with E-state index < -0.39 is 15.9 Å². The smallest absolute Gasteiger partial charge is 0.284 e. The second kappa shape index (κ2) is 10.4. The molecule has 184 valence electrons. The third-order valence-electron chi connectivity index (χ3n) is 5.97. The molecule has 2 aromatic carbocycles. The van der Waals surface area contributed by atoms with E-state index in [2.05, 4.69) is 14.8 Å². The minimum atomic E-state index is -3.93. The van der Waals surface area contributed by atoms with Gasteiger partial charge in [0.05, 0.1) is 28.0 Å². The van der Waals surface area contributed by atoms with Crippen LogP contribution in [0.5, 0.6) is 0 Å². The van der Waals surface area contributed by atoms with E-state index in [1.54, 1.807) is 28.9 Å². The molecule has 4 rings (SSSR count). The summed E-state index contributed by atoms with van der Waals surface area (Å²) in [5.74, 6) is -0.222. The number of anilines is 1. The molecule has 0 aliphatic carbocycles. The number of rotatable bonds is 6. The van der Waals surface area contributed by atoms with Crippen LogP contribution in [0.4, 0.5) is 10.1 Å². The summed E-state index contributed by atoms with van der Waals surface area (Å²) in [4.78, 5) is 14.9. The third kappa shape index (κ3) is 5.59. The van der Waals surface area contributed by atoms with Crippen LogP contribution in [0.15, 0.2) is 64.0 Å². The number of aromatic nitrogens is 2. The molecule has 1 aromatic heterocycles. The molecular weight excluding hydrogens is 469 g/mol. The van der Waals surface area contributed by atoms with Crippen molar-refractivity contribution in [3.05, 3.63) is 71.8 Å². The maximum atomic E-state index is 13.3. The number of nitrogens with one attached hydrogen (secondary N) is 1. The van der Waals surface area contributed by atoms with Crippen molar-refractivity contribution in [2.24, 2.45) is 4.40 Å². The number of amidine groups is 1. The minimum absolute atomic E-state index is 0.0122. The standard InChI is InChI=1S/C25H28FN5O3S/c1-3-23-22(17-27-31(23)20-13-11-18(26)12-14-20)25(32)28-19-8-7-9-21(16-19)35(33,34)29-24-10-5-4-6-15-30(24)2/h7-9,11-14,16-17H,3-6,10,15H2,1-2H3,(H,28,32). The lowest BCUT2D eigenvalue weighted by Gasteiger charge is -2.17. The van der Waals surface area contributed by atoms with Gasteiger partial charge in [-0.1, -0.05) is 19.4 Å². The summed E-state index contributed by atoms with van der Waals surface area (Å²) in [6.45, 7) is 2.67. The Balaban J connectivity index is 1.57. The van der Waals surface area contributed by atoms with Crippen LogP contribution in [0.1, 0.15) is 48.7 Å². The van der Waals surface area contributed by atoms with Crippen molar-refractivity contribution in [2.45, 2.75) is 43.9 Å². The van der Waals surface area contributed by atoms with Gasteiger partial charge in [-0.25, -0.2) is 9.07 Å². The van der Waals surface area contributed by atoms with E-state index in [1.165, 1.54) is 30.5 Å². The highest BCUT2D eigenvalue weighted by Crippen LogP contribution is 2.22. The van der Waals surface area contributed by atoms with Gasteiger partial charge in [0.25, 0.3) is 15.9 Å². The number of hydrogen-bond acceptors (Lipinski definition) is 4. The van der Waals surface area contributed by atoms with E-state index >= 15 is 0 Å². The third-order valence-corrected chi connectivity index (χ3v) is 7.27. The molecule has 3 aromatic rings. The van der Waals surface area contributed by atoms with Crippen molar-refractivity contribution in [1.29, 1.82) is 0 Å². The first-order chi connectivity index (χ1) is 16.8. The molecule has 0 saturated carbocycles. The van der Waals surface area contributed by atoms with E-state index in [-0.39, 0.29) is 10.7 Å². The molecule has 1 aliphatic heterocycles. The van der Waals surface area contributed by atoms with Crippen LogP contribution in [-0.2, 0) is 16.4 Å². The quantitative estimate of drug-likeness (QED) is 0.544. The van der Waals surface area contributed by atoms with Gasteiger partial charge in [-0.15, -0.1) is 4.40 Å². The summed E-state index contributed by atoms with van der Waals surface area (Å²) in [6.07, 6.45) is 5.53. The Hall–Kier alpha value is -3.53. The zero-order valence-electron chi connectivity index (χ0n) is 19.7. The zero-order chi connectivity index (χ0) is 25.0. The van der Waals surface area contributed by atoms with Crippen LogP contribution >= 0.6 is 0 Å². The number of carbonyl (C=O) groups is 1. The van der Waals surface area contributed by atoms with Crippen LogP contribution < -0.4 is 5.32 Å². The number of sulfonamides is 1. The maximum Gasteiger partial charge on any atom is 0.284 e. The van der Waals surface area contributed by atoms with Gasteiger partial charge in [0.1, 0.15) is 11.7 Å². The lowest BCUT2D eigenvalue weighted by atomic mass is 10.2. The number of hydrogen-bond donors (Lipinski definition) is 1. The van der Waals surface area contributed by atoms with E-state index in [1.807, 2.05) is 18.9 Å². The van der Waals surface area contributed by atoms with Gasteiger partial charge >= 0.3 is 0 Å². The molecule has 0 unspecified atom stereocenters. The highest BCUT2D eigenvalue weighted by molar-refractivity contribution is 7.90. The second-order valence-corrected chi connectivity index (χ2v) is 10.0. The fourth-order valence-corrected chi connectivity index (χ4v) is 5.22. The summed E-state index contributed by atoms with van der Waals surface area (Å²) in [5.41, 5.74) is 1.98. The van der Waals surface area contributed by atoms with Gasteiger partial charge < -0.3 is 10.2 Å². The first kappa shape index (κ1) is 24.6. The number of nitrogens with zero attached hydrogens (tertiary/aromatic N) is 4.